The number of ether oxygens (including phenoxy) is 1. The van der Waals surface area contributed by atoms with Gasteiger partial charge in [-0.15, -0.1) is 0 Å². The number of hydrogen-bond donors (Lipinski definition) is 0. The molecule has 1 aliphatic heterocycles. The molecule has 0 aromatic heterocycles. The number of rotatable bonds is 1. The number of aldehydes is 1. The van der Waals surface area contributed by atoms with Crippen LogP contribution in [0.1, 0.15) is 15.9 Å². The van der Waals surface area contributed by atoms with Gasteiger partial charge in [0, 0.05) is 21.9 Å². The number of carbonyl (C=O) groups is 1. The van der Waals surface area contributed by atoms with Gasteiger partial charge >= 0.3 is 0 Å². The molecule has 4 radical (unpaired) electrons. The Morgan fingerprint density at radius 2 is 2.00 bits per heavy atom. The van der Waals surface area contributed by atoms with Gasteiger partial charge in [-0.3, -0.25) is 4.79 Å². The van der Waals surface area contributed by atoms with Crippen LogP contribution < -0.4 is 4.74 Å². The van der Waals surface area contributed by atoms with Crippen LogP contribution in [-0.4, -0.2) is 27.4 Å². The van der Waals surface area contributed by atoms with Crippen molar-refractivity contribution in [3.05, 3.63) is 47.5 Å². The molecule has 82 valence electrons. The van der Waals surface area contributed by atoms with Crippen LogP contribution in [0.3, 0.4) is 0 Å². The lowest BCUT2D eigenvalue weighted by Gasteiger charge is -2.30. The van der Waals surface area contributed by atoms with Gasteiger partial charge in [0.1, 0.15) is 21.4 Å². The highest BCUT2D eigenvalue weighted by atomic mass is 16.5. The minimum Gasteiger partial charge on any atom is -0.502 e. The third-order valence-electron chi connectivity index (χ3n) is 2.99. The van der Waals surface area contributed by atoms with E-state index in [1.54, 1.807) is 6.08 Å². The van der Waals surface area contributed by atoms with Crippen molar-refractivity contribution >= 4 is 38.8 Å². The predicted molar refractivity (Wildman–Crippen MR) is 73.2 cm³/mol. The molecule has 1 aliphatic rings. The van der Waals surface area contributed by atoms with E-state index in [-0.39, 0.29) is 0 Å². The first-order valence-corrected chi connectivity index (χ1v) is 5.58. The summed E-state index contributed by atoms with van der Waals surface area (Å²) in [5.74, 6) is 0.558. The maximum Gasteiger partial charge on any atom is 0.150 e. The molecule has 0 amide bonds. The minimum atomic E-state index is -1.34. The summed E-state index contributed by atoms with van der Waals surface area (Å²) in [6, 6.07) is 9.46. The van der Waals surface area contributed by atoms with Gasteiger partial charge in [-0.25, -0.2) is 0 Å². The number of carbonyl (C=O) groups excluding carboxylic acids is 1. The molecule has 1 heterocycles. The molecule has 0 saturated carbocycles. The second-order valence-electron chi connectivity index (χ2n) is 4.34. The van der Waals surface area contributed by atoms with Crippen LogP contribution in [0, 0.1) is 0 Å². The Hall–Kier alpha value is -1.96. The molecule has 3 rings (SSSR count). The predicted octanol–water partition coefficient (Wildman–Crippen LogP) is 2.05. The molecule has 0 aliphatic carbocycles. The van der Waals surface area contributed by atoms with Gasteiger partial charge in [-0.05, 0) is 11.5 Å². The average molecular weight is 230 g/mol. The third-order valence-corrected chi connectivity index (χ3v) is 2.99. The van der Waals surface area contributed by atoms with E-state index in [4.69, 9.17) is 20.4 Å². The Morgan fingerprint density at radius 3 is 2.78 bits per heavy atom. The van der Waals surface area contributed by atoms with Crippen LogP contribution in [0.5, 0.6) is 5.75 Å². The topological polar surface area (TPSA) is 26.3 Å². The zero-order valence-corrected chi connectivity index (χ0v) is 9.59. The molecule has 0 fully saturated rings. The maximum atomic E-state index is 11.1. The van der Waals surface area contributed by atoms with Gasteiger partial charge in [0.25, 0.3) is 0 Å². The summed E-state index contributed by atoms with van der Waals surface area (Å²) in [5.41, 5.74) is 1.28. The quantitative estimate of drug-likeness (QED) is 0.553. The fourth-order valence-electron chi connectivity index (χ4n) is 2.15. The lowest BCUT2D eigenvalue weighted by Crippen LogP contribution is -2.36. The molecule has 0 unspecified atom stereocenters. The molecule has 0 spiro atoms. The van der Waals surface area contributed by atoms with Gasteiger partial charge < -0.3 is 4.74 Å². The molecule has 0 N–H and O–H groups in total. The second-order valence-corrected chi connectivity index (χ2v) is 4.34. The summed E-state index contributed by atoms with van der Waals surface area (Å²) in [5, 5.41) is 0.476. The van der Waals surface area contributed by atoms with Crippen LogP contribution >= 0.6 is 0 Å². The molecule has 2 aromatic rings. The van der Waals surface area contributed by atoms with Crippen molar-refractivity contribution in [1.29, 1.82) is 0 Å². The Kier molecular flexibility index (Phi) is 2.34. The van der Waals surface area contributed by atoms with E-state index in [1.165, 1.54) is 6.08 Å². The Bertz CT molecular complexity index is 675. The lowest BCUT2D eigenvalue weighted by atomic mass is 9.64. The standard InChI is InChI=1S/C14H8B2O2/c15-14(16)6-5-12-10(8-17)7-9-3-1-2-4-11(9)13(12)18-14/h1-8H. The first-order chi connectivity index (χ1) is 8.61. The summed E-state index contributed by atoms with van der Waals surface area (Å²) in [6.07, 6.45) is 4.07. The van der Waals surface area contributed by atoms with Crippen LogP contribution in [0.15, 0.2) is 36.4 Å². The summed E-state index contributed by atoms with van der Waals surface area (Å²) in [6.45, 7) is 0. The minimum absolute atomic E-state index is 0.558. The van der Waals surface area contributed by atoms with E-state index in [2.05, 4.69) is 0 Å². The smallest absolute Gasteiger partial charge is 0.150 e. The number of benzene rings is 2. The van der Waals surface area contributed by atoms with Crippen molar-refractivity contribution in [2.24, 2.45) is 0 Å². The highest BCUT2D eigenvalue weighted by Crippen LogP contribution is 2.37. The van der Waals surface area contributed by atoms with Crippen LogP contribution in [-0.2, 0) is 0 Å². The zero-order valence-electron chi connectivity index (χ0n) is 9.59. The van der Waals surface area contributed by atoms with Crippen molar-refractivity contribution in [2.45, 2.75) is 5.40 Å². The fourth-order valence-corrected chi connectivity index (χ4v) is 2.15. The van der Waals surface area contributed by atoms with Gasteiger partial charge in [-0.1, -0.05) is 36.4 Å². The first-order valence-electron chi connectivity index (χ1n) is 5.58. The van der Waals surface area contributed by atoms with Crippen LogP contribution in [0.25, 0.3) is 16.8 Å². The molecular weight excluding hydrogens is 222 g/mol. The van der Waals surface area contributed by atoms with E-state index < -0.39 is 5.40 Å². The largest absolute Gasteiger partial charge is 0.502 e. The molecule has 2 aromatic carbocycles. The van der Waals surface area contributed by atoms with Crippen molar-refractivity contribution in [2.75, 3.05) is 0 Å². The zero-order chi connectivity index (χ0) is 12.8. The van der Waals surface area contributed by atoms with Gasteiger partial charge in [0.15, 0.2) is 6.29 Å². The van der Waals surface area contributed by atoms with E-state index in [0.29, 0.717) is 11.3 Å². The summed E-state index contributed by atoms with van der Waals surface area (Å²) >= 11 is 0. The molecule has 4 heteroatoms. The first kappa shape index (κ1) is 11.1. The highest BCUT2D eigenvalue weighted by Gasteiger charge is 2.24. The second kappa shape index (κ2) is 3.77. The van der Waals surface area contributed by atoms with Crippen molar-refractivity contribution in [1.82, 2.24) is 0 Å². The lowest BCUT2D eigenvalue weighted by molar-refractivity contribution is 0.112. The molecule has 18 heavy (non-hydrogen) atoms. The number of fused-ring (bicyclic) bond motifs is 3. The summed E-state index contributed by atoms with van der Waals surface area (Å²) in [4.78, 5) is 11.1. The van der Waals surface area contributed by atoms with Crippen molar-refractivity contribution in [3.8, 4) is 5.75 Å². The van der Waals surface area contributed by atoms with Crippen LogP contribution in [0.2, 0.25) is 0 Å². The Morgan fingerprint density at radius 1 is 1.22 bits per heavy atom. The van der Waals surface area contributed by atoms with Gasteiger partial charge in [0.05, 0.1) is 0 Å². The molecule has 0 bridgehead atoms. The van der Waals surface area contributed by atoms with E-state index in [0.717, 1.165) is 22.6 Å². The van der Waals surface area contributed by atoms with Crippen molar-refractivity contribution < 1.29 is 9.53 Å². The monoisotopic (exact) mass is 230 g/mol. The fraction of sp³-hybridized carbons (Fsp3) is 0.0714. The SMILES string of the molecule is [B]C1([B])C=Cc2c(C=O)cc3ccccc3c2O1. The van der Waals surface area contributed by atoms with Gasteiger partial charge in [0.2, 0.25) is 0 Å². The summed E-state index contributed by atoms with van der Waals surface area (Å²) in [7, 11) is 11.5. The Balaban J connectivity index is 2.39. The number of hydrogen-bond acceptors (Lipinski definition) is 2. The normalized spacial score (nSPS) is 16.0. The maximum absolute atomic E-state index is 11.1. The van der Waals surface area contributed by atoms with E-state index in [1.807, 2.05) is 30.3 Å². The average Bonchev–Trinajstić information content (AvgIpc) is 2.36. The van der Waals surface area contributed by atoms with Crippen LogP contribution in [0.4, 0.5) is 0 Å². The Labute approximate surface area is 107 Å². The van der Waals surface area contributed by atoms with Crippen molar-refractivity contribution in [3.63, 3.8) is 0 Å². The molecular formula is C14H8B2O2. The molecule has 0 saturated heterocycles. The highest BCUT2D eigenvalue weighted by molar-refractivity contribution is 6.41. The summed E-state index contributed by atoms with van der Waals surface area (Å²) < 4.78 is 5.58. The van der Waals surface area contributed by atoms with E-state index >= 15 is 0 Å². The molecule has 2 nitrogen and oxygen atoms in total. The van der Waals surface area contributed by atoms with Gasteiger partial charge in [-0.2, -0.15) is 0 Å². The third kappa shape index (κ3) is 1.65. The molecule has 0 atom stereocenters. The van der Waals surface area contributed by atoms with E-state index in [9.17, 15) is 4.79 Å².